The van der Waals surface area contributed by atoms with Crippen LogP contribution in [-0.2, 0) is 4.79 Å². The maximum Gasteiger partial charge on any atom is 0.322 e. The Labute approximate surface area is 121 Å². The van der Waals surface area contributed by atoms with Gasteiger partial charge in [-0.2, -0.15) is 0 Å². The van der Waals surface area contributed by atoms with Gasteiger partial charge in [0.05, 0.1) is 12.1 Å². The molecule has 5 nitrogen and oxygen atoms in total. The first-order valence-electron chi connectivity index (χ1n) is 6.36. The molecule has 0 aliphatic rings. The highest BCUT2D eigenvalue weighted by Gasteiger charge is 2.27. The molecule has 0 atom stereocenters. The monoisotopic (exact) mass is 300 g/mol. The number of nitrogens with zero attached hydrogens (tertiary/aromatic N) is 1. The molecule has 0 aliphatic heterocycles. The van der Waals surface area contributed by atoms with E-state index in [1.54, 1.807) is 20.8 Å². The Morgan fingerprint density at radius 2 is 1.90 bits per heavy atom. The van der Waals surface area contributed by atoms with Gasteiger partial charge in [-0.1, -0.05) is 0 Å². The van der Waals surface area contributed by atoms with Gasteiger partial charge in [-0.3, -0.25) is 4.79 Å². The molecule has 0 saturated carbocycles. The quantitative estimate of drug-likeness (QED) is 0.897. The predicted molar refractivity (Wildman–Crippen MR) is 74.1 cm³/mol. The SMILES string of the molecule is CC(C)(C)N(CCC(=O)O)C(=O)Nc1ccc(F)cc1F. The van der Waals surface area contributed by atoms with Crippen molar-refractivity contribution >= 4 is 17.7 Å². The molecule has 0 radical (unpaired) electrons. The zero-order valence-electron chi connectivity index (χ0n) is 12.1. The number of benzene rings is 1. The van der Waals surface area contributed by atoms with Crippen LogP contribution in [0, 0.1) is 11.6 Å². The Balaban J connectivity index is 2.88. The lowest BCUT2D eigenvalue weighted by atomic mass is 10.1. The summed E-state index contributed by atoms with van der Waals surface area (Å²) in [6.07, 6.45) is -0.226. The molecule has 0 unspecified atom stereocenters. The molecule has 0 spiro atoms. The fourth-order valence-corrected chi connectivity index (χ4v) is 1.72. The number of nitrogens with one attached hydrogen (secondary N) is 1. The van der Waals surface area contributed by atoms with Gasteiger partial charge in [0.1, 0.15) is 11.6 Å². The van der Waals surface area contributed by atoms with Gasteiger partial charge >= 0.3 is 12.0 Å². The summed E-state index contributed by atoms with van der Waals surface area (Å²) >= 11 is 0. The lowest BCUT2D eigenvalue weighted by Crippen LogP contribution is -2.48. The van der Waals surface area contributed by atoms with E-state index in [-0.39, 0.29) is 18.7 Å². The van der Waals surface area contributed by atoms with Crippen molar-refractivity contribution in [3.8, 4) is 0 Å². The summed E-state index contributed by atoms with van der Waals surface area (Å²) in [4.78, 5) is 24.1. The number of anilines is 1. The van der Waals surface area contributed by atoms with Crippen LogP contribution < -0.4 is 5.32 Å². The highest BCUT2D eigenvalue weighted by molar-refractivity contribution is 5.90. The van der Waals surface area contributed by atoms with Crippen molar-refractivity contribution in [2.45, 2.75) is 32.7 Å². The number of carbonyl (C=O) groups is 2. The van der Waals surface area contributed by atoms with E-state index in [1.165, 1.54) is 4.90 Å². The van der Waals surface area contributed by atoms with E-state index in [4.69, 9.17) is 5.11 Å². The maximum absolute atomic E-state index is 13.5. The fraction of sp³-hybridized carbons (Fsp3) is 0.429. The van der Waals surface area contributed by atoms with E-state index in [1.807, 2.05) is 0 Å². The van der Waals surface area contributed by atoms with Crippen molar-refractivity contribution in [1.82, 2.24) is 4.90 Å². The molecule has 0 heterocycles. The third kappa shape index (κ3) is 5.02. The number of rotatable bonds is 4. The Kier molecular flexibility index (Phi) is 5.23. The Morgan fingerprint density at radius 3 is 2.38 bits per heavy atom. The second-order valence-electron chi connectivity index (χ2n) is 5.52. The standard InChI is InChI=1S/C14H18F2N2O3/c1-14(2,3)18(7-6-12(19)20)13(21)17-11-5-4-9(15)8-10(11)16/h4-5,8H,6-7H2,1-3H3,(H,17,21)(H,19,20). The van der Waals surface area contributed by atoms with E-state index < -0.39 is 29.2 Å². The van der Waals surface area contributed by atoms with Gasteiger partial charge in [0.15, 0.2) is 0 Å². The summed E-state index contributed by atoms with van der Waals surface area (Å²) in [6, 6.07) is 2.15. The second-order valence-corrected chi connectivity index (χ2v) is 5.52. The van der Waals surface area contributed by atoms with Crippen LogP contribution >= 0.6 is 0 Å². The first-order valence-corrected chi connectivity index (χ1v) is 6.36. The van der Waals surface area contributed by atoms with E-state index in [0.29, 0.717) is 6.07 Å². The molecule has 2 amide bonds. The number of hydrogen-bond acceptors (Lipinski definition) is 2. The number of urea groups is 1. The molecule has 2 N–H and O–H groups in total. The average Bonchev–Trinajstić information content (AvgIpc) is 2.30. The van der Waals surface area contributed by atoms with Crippen LogP contribution in [0.2, 0.25) is 0 Å². The fourth-order valence-electron chi connectivity index (χ4n) is 1.72. The first-order chi connectivity index (χ1) is 9.61. The van der Waals surface area contributed by atoms with Crippen molar-refractivity contribution in [2.24, 2.45) is 0 Å². The molecule has 1 rings (SSSR count). The smallest absolute Gasteiger partial charge is 0.322 e. The first kappa shape index (κ1) is 16.9. The van der Waals surface area contributed by atoms with Crippen LogP contribution in [0.25, 0.3) is 0 Å². The summed E-state index contributed by atoms with van der Waals surface area (Å²) in [5, 5.41) is 11.0. The van der Waals surface area contributed by atoms with Crippen LogP contribution in [0.5, 0.6) is 0 Å². The second kappa shape index (κ2) is 6.51. The van der Waals surface area contributed by atoms with Crippen molar-refractivity contribution < 1.29 is 23.5 Å². The third-order valence-corrected chi connectivity index (χ3v) is 2.78. The lowest BCUT2D eigenvalue weighted by molar-refractivity contribution is -0.137. The van der Waals surface area contributed by atoms with Crippen LogP contribution in [0.3, 0.4) is 0 Å². The molecule has 0 bridgehead atoms. The number of carboxylic acid groups (broad SMARTS) is 1. The molecule has 1 aromatic carbocycles. The van der Waals surface area contributed by atoms with Crippen molar-refractivity contribution in [3.05, 3.63) is 29.8 Å². The van der Waals surface area contributed by atoms with Crippen molar-refractivity contribution in [2.75, 3.05) is 11.9 Å². The Bertz CT molecular complexity index is 542. The highest BCUT2D eigenvalue weighted by Crippen LogP contribution is 2.19. The minimum absolute atomic E-state index is 0.0204. The Morgan fingerprint density at radius 1 is 1.29 bits per heavy atom. The third-order valence-electron chi connectivity index (χ3n) is 2.78. The number of carboxylic acids is 1. The van der Waals surface area contributed by atoms with Gasteiger partial charge < -0.3 is 15.3 Å². The summed E-state index contributed by atoms with van der Waals surface area (Å²) in [5.41, 5.74) is -0.804. The molecule has 0 aromatic heterocycles. The summed E-state index contributed by atoms with van der Waals surface area (Å²) < 4.78 is 26.3. The van der Waals surface area contributed by atoms with E-state index >= 15 is 0 Å². The summed E-state index contributed by atoms with van der Waals surface area (Å²) in [5.74, 6) is -2.68. The Hall–Kier alpha value is -2.18. The van der Waals surface area contributed by atoms with Crippen LogP contribution in [0.1, 0.15) is 27.2 Å². The van der Waals surface area contributed by atoms with Gasteiger partial charge in [0.25, 0.3) is 0 Å². The normalized spacial score (nSPS) is 11.1. The van der Waals surface area contributed by atoms with Crippen LogP contribution in [-0.4, -0.2) is 34.1 Å². The topological polar surface area (TPSA) is 69.6 Å². The summed E-state index contributed by atoms with van der Waals surface area (Å²) in [6.45, 7) is 5.17. The lowest BCUT2D eigenvalue weighted by Gasteiger charge is -2.35. The largest absolute Gasteiger partial charge is 0.481 e. The van der Waals surface area contributed by atoms with Gasteiger partial charge in [0.2, 0.25) is 0 Å². The average molecular weight is 300 g/mol. The van der Waals surface area contributed by atoms with Crippen LogP contribution in [0.4, 0.5) is 19.3 Å². The highest BCUT2D eigenvalue weighted by atomic mass is 19.1. The van der Waals surface area contributed by atoms with Crippen molar-refractivity contribution in [1.29, 1.82) is 0 Å². The van der Waals surface area contributed by atoms with E-state index in [0.717, 1.165) is 12.1 Å². The number of hydrogen-bond donors (Lipinski definition) is 2. The number of carbonyl (C=O) groups excluding carboxylic acids is 1. The minimum atomic E-state index is -1.04. The molecule has 21 heavy (non-hydrogen) atoms. The molecule has 0 fully saturated rings. The summed E-state index contributed by atoms with van der Waals surface area (Å²) in [7, 11) is 0. The van der Waals surface area contributed by atoms with E-state index in [2.05, 4.69) is 5.32 Å². The molecule has 0 saturated heterocycles. The molecule has 7 heteroatoms. The number of amides is 2. The van der Waals surface area contributed by atoms with E-state index in [9.17, 15) is 18.4 Å². The van der Waals surface area contributed by atoms with Crippen molar-refractivity contribution in [3.63, 3.8) is 0 Å². The molecular formula is C14H18F2N2O3. The molecule has 0 aliphatic carbocycles. The number of halogens is 2. The van der Waals surface area contributed by atoms with Gasteiger partial charge in [-0.15, -0.1) is 0 Å². The predicted octanol–water partition coefficient (Wildman–Crippen LogP) is 3.07. The van der Waals surface area contributed by atoms with Gasteiger partial charge in [-0.05, 0) is 32.9 Å². The van der Waals surface area contributed by atoms with Gasteiger partial charge in [-0.25, -0.2) is 13.6 Å². The molecule has 116 valence electrons. The zero-order chi connectivity index (χ0) is 16.2. The van der Waals surface area contributed by atoms with Gasteiger partial charge in [0, 0.05) is 18.2 Å². The number of aliphatic carboxylic acids is 1. The van der Waals surface area contributed by atoms with Crippen LogP contribution in [0.15, 0.2) is 18.2 Å². The molecular weight excluding hydrogens is 282 g/mol. The zero-order valence-corrected chi connectivity index (χ0v) is 12.1. The molecule has 1 aromatic rings. The minimum Gasteiger partial charge on any atom is -0.481 e. The maximum atomic E-state index is 13.5.